The lowest BCUT2D eigenvalue weighted by Crippen LogP contribution is -2.17. The van der Waals surface area contributed by atoms with Crippen LogP contribution < -0.4 is 0 Å². The molecule has 2 aromatic heterocycles. The van der Waals surface area contributed by atoms with Gasteiger partial charge in [0.2, 0.25) is 0 Å². The van der Waals surface area contributed by atoms with Gasteiger partial charge in [0.1, 0.15) is 11.6 Å². The molecule has 0 atom stereocenters. The fourth-order valence-electron chi connectivity index (χ4n) is 8.75. The smallest absolute Gasteiger partial charge is 0.149 e. The number of phenolic OH excluding ortho intramolecular Hbond substituents is 1. The lowest BCUT2D eigenvalue weighted by Gasteiger charge is -2.27. The number of nitrogens with zero attached hydrogens (tertiary/aromatic N) is 3. The van der Waals surface area contributed by atoms with Crippen molar-refractivity contribution in [1.29, 1.82) is 0 Å². The third-order valence-electron chi connectivity index (χ3n) is 12.4. The Hall–Kier alpha value is -7.04. The van der Waals surface area contributed by atoms with E-state index in [1.165, 1.54) is 0 Å². The number of pyridine rings is 1. The number of benzene rings is 7. The maximum atomic E-state index is 12.5. The van der Waals surface area contributed by atoms with Crippen LogP contribution in [0.5, 0.6) is 5.75 Å². The summed E-state index contributed by atoms with van der Waals surface area (Å²) in [5.74, 6) is 0.247. The molecule has 0 aliphatic carbocycles. The number of aromatic nitrogens is 3. The maximum Gasteiger partial charge on any atom is 0.149 e. The Morgan fingerprint density at radius 2 is 1.20 bits per heavy atom. The fourth-order valence-corrected chi connectivity index (χ4v) is 8.75. The maximum absolute atomic E-state index is 12.5. The van der Waals surface area contributed by atoms with Gasteiger partial charge in [0.25, 0.3) is 0 Å². The Morgan fingerprint density at radius 1 is 0.547 bits per heavy atom. The first kappa shape index (κ1) is 41.0. The van der Waals surface area contributed by atoms with Crippen LogP contribution in [0.15, 0.2) is 170 Å². The Labute approximate surface area is 380 Å². The number of para-hydroxylation sites is 1. The van der Waals surface area contributed by atoms with E-state index in [2.05, 4.69) is 193 Å². The third-order valence-corrected chi connectivity index (χ3v) is 12.4. The molecule has 0 bridgehead atoms. The van der Waals surface area contributed by atoms with E-state index in [1.54, 1.807) is 0 Å². The lowest BCUT2D eigenvalue weighted by molar-refractivity contribution is 0.446. The predicted molar refractivity (Wildman–Crippen MR) is 269 cm³/mol. The molecule has 7 aromatic carbocycles. The molecule has 0 radical (unpaired) electrons. The highest BCUT2D eigenvalue weighted by Crippen LogP contribution is 2.46. The summed E-state index contributed by atoms with van der Waals surface area (Å²) in [6, 6.07) is 57.6. The van der Waals surface area contributed by atoms with Gasteiger partial charge in [0.05, 0.1) is 28.0 Å². The van der Waals surface area contributed by atoms with Gasteiger partial charge in [-0.25, -0.2) is 4.98 Å². The molecule has 0 aliphatic heterocycles. The van der Waals surface area contributed by atoms with E-state index in [-0.39, 0.29) is 16.6 Å². The minimum Gasteiger partial charge on any atom is -0.507 e. The van der Waals surface area contributed by atoms with E-state index < -0.39 is 5.89 Å². The van der Waals surface area contributed by atoms with Crippen LogP contribution in [0.25, 0.3) is 83.9 Å². The highest BCUT2D eigenvalue weighted by Gasteiger charge is 2.29. The Morgan fingerprint density at radius 3 is 1.88 bits per heavy atom. The molecular formula is C60H57N3O. The second-order valence-corrected chi connectivity index (χ2v) is 19.4. The van der Waals surface area contributed by atoms with Crippen LogP contribution in [0, 0.1) is 6.92 Å². The summed E-state index contributed by atoms with van der Waals surface area (Å²) in [5, 5.41) is 12.5. The predicted octanol–water partition coefficient (Wildman–Crippen LogP) is 16.2. The molecule has 318 valence electrons. The van der Waals surface area contributed by atoms with E-state index in [1.807, 2.05) is 44.3 Å². The molecule has 64 heavy (non-hydrogen) atoms. The van der Waals surface area contributed by atoms with Crippen molar-refractivity contribution < 1.29 is 6.48 Å². The average molecular weight is 837 g/mol. The zero-order valence-corrected chi connectivity index (χ0v) is 38.5. The molecule has 4 nitrogen and oxygen atoms in total. The number of hydrogen-bond acceptors (Lipinski definition) is 3. The molecule has 0 spiro atoms. The van der Waals surface area contributed by atoms with Crippen molar-refractivity contribution >= 4 is 11.0 Å². The molecule has 0 aliphatic rings. The Balaban J connectivity index is 1.32. The van der Waals surface area contributed by atoms with Crippen molar-refractivity contribution in [2.24, 2.45) is 0 Å². The molecule has 0 unspecified atom stereocenters. The SMILES string of the molecule is [2H]C(C)(C)c1ccc(-c2ccnc(-c3cc(-c4ccccc4)cc(-c4cccc5c4nc(-c4cc(C(C)(C)C)cc(C(C)(C)C)c4O)n5-c4ccc(C)cc4-c4ccccc4)c3)c2)cc1. The van der Waals surface area contributed by atoms with Gasteiger partial charge in [-0.2, -0.15) is 0 Å². The molecular weight excluding hydrogens is 779 g/mol. The number of imidazole rings is 1. The molecule has 0 fully saturated rings. The molecule has 2 heterocycles. The van der Waals surface area contributed by atoms with E-state index in [4.69, 9.17) is 11.3 Å². The summed E-state index contributed by atoms with van der Waals surface area (Å²) >= 11 is 0. The van der Waals surface area contributed by atoms with Crippen LogP contribution in [-0.4, -0.2) is 19.6 Å². The van der Waals surface area contributed by atoms with Crippen LogP contribution in [0.4, 0.5) is 0 Å². The monoisotopic (exact) mass is 836 g/mol. The minimum atomic E-state index is -0.674. The van der Waals surface area contributed by atoms with Crippen molar-refractivity contribution in [3.63, 3.8) is 0 Å². The average Bonchev–Trinajstić information content (AvgIpc) is 3.68. The van der Waals surface area contributed by atoms with Gasteiger partial charge in [-0.05, 0) is 123 Å². The minimum absolute atomic E-state index is 0.189. The lowest BCUT2D eigenvalue weighted by atomic mass is 9.79. The normalized spacial score (nSPS) is 12.4. The molecule has 9 aromatic rings. The number of rotatable bonds is 8. The van der Waals surface area contributed by atoms with Gasteiger partial charge in [0, 0.05) is 29.8 Å². The molecule has 4 heteroatoms. The van der Waals surface area contributed by atoms with E-state index >= 15 is 0 Å². The number of hydrogen-bond donors (Lipinski definition) is 1. The topological polar surface area (TPSA) is 50.9 Å². The first-order valence-corrected chi connectivity index (χ1v) is 22.3. The van der Waals surface area contributed by atoms with Gasteiger partial charge < -0.3 is 5.11 Å². The van der Waals surface area contributed by atoms with Crippen LogP contribution >= 0.6 is 0 Å². The van der Waals surface area contributed by atoms with Crippen LogP contribution in [-0.2, 0) is 10.8 Å². The van der Waals surface area contributed by atoms with Gasteiger partial charge >= 0.3 is 0 Å². The quantitative estimate of drug-likeness (QED) is 0.166. The number of fused-ring (bicyclic) bond motifs is 1. The van der Waals surface area contributed by atoms with Gasteiger partial charge in [-0.1, -0.05) is 170 Å². The molecule has 9 rings (SSSR count). The molecule has 0 amide bonds. The van der Waals surface area contributed by atoms with Gasteiger partial charge in [-0.15, -0.1) is 0 Å². The van der Waals surface area contributed by atoms with E-state index in [9.17, 15) is 5.11 Å². The second-order valence-electron chi connectivity index (χ2n) is 19.4. The summed E-state index contributed by atoms with van der Waals surface area (Å²) in [6.45, 7) is 19.1. The Bertz CT molecular complexity index is 3200. The van der Waals surface area contributed by atoms with Crippen molar-refractivity contribution in [3.8, 4) is 78.6 Å². The summed E-state index contributed by atoms with van der Waals surface area (Å²) in [6.07, 6.45) is 1.88. The second kappa shape index (κ2) is 16.6. The number of phenols is 1. The first-order chi connectivity index (χ1) is 30.9. The number of aromatic hydroxyl groups is 1. The third kappa shape index (κ3) is 8.17. The highest BCUT2D eigenvalue weighted by molar-refractivity contribution is 5.98. The molecule has 0 saturated heterocycles. The standard InChI is InChI=1S/C60H57N3O/c1-38(2)40-24-26-42(27-25-40)44-29-30-61-53(35-44)47-33-45(41-17-12-10-13-18-41)32-46(34-47)49-21-16-22-55-56(49)62-58(51-36-48(59(4,5)6)37-52(57(51)64)60(7,8)9)63(55)54-28-23-39(3)31-50(54)43-19-14-11-15-20-43/h10-38,64H,1-9H3/i38D. The van der Waals surface area contributed by atoms with Crippen LogP contribution in [0.3, 0.4) is 0 Å². The Kier molecular flexibility index (Phi) is 10.6. The zero-order chi connectivity index (χ0) is 45.8. The first-order valence-electron chi connectivity index (χ1n) is 22.8. The summed E-state index contributed by atoms with van der Waals surface area (Å²) in [5.41, 5.74) is 17.4. The number of aryl methyl sites for hydroxylation is 1. The highest BCUT2D eigenvalue weighted by atomic mass is 16.3. The summed E-state index contributed by atoms with van der Waals surface area (Å²) in [4.78, 5) is 10.6. The fraction of sp³-hybridized carbons (Fsp3) is 0.200. The van der Waals surface area contributed by atoms with Gasteiger partial charge in [0.15, 0.2) is 0 Å². The summed E-state index contributed by atoms with van der Waals surface area (Å²) in [7, 11) is 0. The van der Waals surface area contributed by atoms with E-state index in [0.29, 0.717) is 11.4 Å². The molecule has 1 N–H and O–H groups in total. The van der Waals surface area contributed by atoms with Crippen molar-refractivity contribution in [2.75, 3.05) is 0 Å². The van der Waals surface area contributed by atoms with Gasteiger partial charge in [-0.3, -0.25) is 9.55 Å². The van der Waals surface area contributed by atoms with Crippen molar-refractivity contribution in [3.05, 3.63) is 192 Å². The largest absolute Gasteiger partial charge is 0.507 e. The van der Waals surface area contributed by atoms with Crippen LogP contribution in [0.2, 0.25) is 0 Å². The zero-order valence-electron chi connectivity index (χ0n) is 39.5. The van der Waals surface area contributed by atoms with Crippen LogP contribution in [0.1, 0.15) is 84.9 Å². The summed E-state index contributed by atoms with van der Waals surface area (Å²) < 4.78 is 10.8. The van der Waals surface area contributed by atoms with Crippen molar-refractivity contribution in [2.45, 2.75) is 79.0 Å². The molecule has 0 saturated carbocycles. The van der Waals surface area contributed by atoms with Crippen molar-refractivity contribution in [1.82, 2.24) is 14.5 Å². The van der Waals surface area contributed by atoms with E-state index in [0.717, 1.165) is 94.7 Å².